The summed E-state index contributed by atoms with van der Waals surface area (Å²) in [6.07, 6.45) is 0. The van der Waals surface area contributed by atoms with Crippen molar-refractivity contribution >= 4 is 17.6 Å². The molecule has 2 aromatic rings. The molecule has 3 rings (SSSR count). The molecule has 6 nitrogen and oxygen atoms in total. The Bertz CT molecular complexity index is 885. The number of amides is 3. The van der Waals surface area contributed by atoms with Gasteiger partial charge in [-0.15, -0.1) is 0 Å². The molecular formula is C20H22FN3O3. The number of hydrogen-bond acceptors (Lipinski definition) is 3. The summed E-state index contributed by atoms with van der Waals surface area (Å²) in [5, 5.41) is 5.61. The molecule has 0 saturated carbocycles. The first kappa shape index (κ1) is 18.7. The van der Waals surface area contributed by atoms with Gasteiger partial charge in [0.05, 0.1) is 13.2 Å². The molecule has 2 aromatic carbocycles. The maximum Gasteiger partial charge on any atom is 0.322 e. The Morgan fingerprint density at radius 2 is 2.07 bits per heavy atom. The van der Waals surface area contributed by atoms with Crippen molar-refractivity contribution in [1.82, 2.24) is 10.6 Å². The second-order valence-corrected chi connectivity index (χ2v) is 6.47. The van der Waals surface area contributed by atoms with E-state index in [4.69, 9.17) is 4.74 Å². The molecule has 1 aliphatic rings. The first-order valence-corrected chi connectivity index (χ1v) is 8.71. The van der Waals surface area contributed by atoms with Crippen molar-refractivity contribution in [2.24, 2.45) is 0 Å². The number of nitrogens with zero attached hydrogens (tertiary/aromatic N) is 1. The van der Waals surface area contributed by atoms with Crippen molar-refractivity contribution in [1.29, 1.82) is 0 Å². The van der Waals surface area contributed by atoms with Crippen molar-refractivity contribution in [3.05, 3.63) is 58.9 Å². The normalized spacial score (nSPS) is 14.7. The van der Waals surface area contributed by atoms with Gasteiger partial charge in [0.15, 0.2) is 11.6 Å². The number of carbonyl (C=O) groups excluding carboxylic acids is 2. The van der Waals surface area contributed by atoms with Gasteiger partial charge in [0.25, 0.3) is 5.91 Å². The molecule has 2 N–H and O–H groups in total. The lowest BCUT2D eigenvalue weighted by Crippen LogP contribution is -2.30. The fourth-order valence-corrected chi connectivity index (χ4v) is 3.06. The van der Waals surface area contributed by atoms with E-state index in [-0.39, 0.29) is 17.7 Å². The fourth-order valence-electron chi connectivity index (χ4n) is 3.06. The zero-order valence-electron chi connectivity index (χ0n) is 15.5. The third-order valence-electron chi connectivity index (χ3n) is 4.64. The molecule has 0 spiro atoms. The maximum atomic E-state index is 13.9. The van der Waals surface area contributed by atoms with Gasteiger partial charge in [0.2, 0.25) is 0 Å². The quantitative estimate of drug-likeness (QED) is 0.848. The van der Waals surface area contributed by atoms with Gasteiger partial charge >= 0.3 is 6.03 Å². The van der Waals surface area contributed by atoms with Crippen molar-refractivity contribution in [3.8, 4) is 5.75 Å². The van der Waals surface area contributed by atoms with Crippen LogP contribution in [0.1, 0.15) is 34.5 Å². The minimum Gasteiger partial charge on any atom is -0.494 e. The van der Waals surface area contributed by atoms with Crippen molar-refractivity contribution in [3.63, 3.8) is 0 Å². The molecule has 1 aliphatic heterocycles. The molecule has 1 saturated heterocycles. The molecular weight excluding hydrogens is 349 g/mol. The number of hydrogen-bond donors (Lipinski definition) is 2. The zero-order valence-corrected chi connectivity index (χ0v) is 15.5. The Morgan fingerprint density at radius 3 is 2.70 bits per heavy atom. The zero-order chi connectivity index (χ0) is 19.6. The van der Waals surface area contributed by atoms with Crippen molar-refractivity contribution in [2.75, 3.05) is 25.1 Å². The first-order chi connectivity index (χ1) is 12.9. The number of urea groups is 1. The third-order valence-corrected chi connectivity index (χ3v) is 4.64. The number of carbonyl (C=O) groups is 2. The lowest BCUT2D eigenvalue weighted by Gasteiger charge is -2.19. The highest BCUT2D eigenvalue weighted by Crippen LogP contribution is 2.25. The molecule has 0 aliphatic carbocycles. The Labute approximate surface area is 157 Å². The van der Waals surface area contributed by atoms with Crippen LogP contribution in [0.3, 0.4) is 0 Å². The summed E-state index contributed by atoms with van der Waals surface area (Å²) in [7, 11) is 1.40. The first-order valence-electron chi connectivity index (χ1n) is 8.71. The average Bonchev–Trinajstić information content (AvgIpc) is 3.07. The summed E-state index contributed by atoms with van der Waals surface area (Å²) in [5.41, 5.74) is 2.69. The second-order valence-electron chi connectivity index (χ2n) is 6.47. The van der Waals surface area contributed by atoms with Gasteiger partial charge in [-0.25, -0.2) is 9.18 Å². The predicted molar refractivity (Wildman–Crippen MR) is 101 cm³/mol. The Morgan fingerprint density at radius 1 is 1.30 bits per heavy atom. The van der Waals surface area contributed by atoms with Crippen LogP contribution in [0.25, 0.3) is 0 Å². The molecule has 1 fully saturated rings. The maximum absolute atomic E-state index is 13.9. The fraction of sp³-hybridized carbons (Fsp3) is 0.300. The molecule has 0 radical (unpaired) electrons. The van der Waals surface area contributed by atoms with E-state index in [0.717, 1.165) is 5.56 Å². The van der Waals surface area contributed by atoms with Gasteiger partial charge in [0.1, 0.15) is 0 Å². The van der Waals surface area contributed by atoms with Crippen LogP contribution in [0.5, 0.6) is 5.75 Å². The van der Waals surface area contributed by atoms with Crippen molar-refractivity contribution in [2.45, 2.75) is 19.9 Å². The van der Waals surface area contributed by atoms with E-state index in [0.29, 0.717) is 29.9 Å². The lowest BCUT2D eigenvalue weighted by atomic mass is 10.1. The molecule has 0 unspecified atom stereocenters. The Hall–Kier alpha value is -3.09. The van der Waals surface area contributed by atoms with Crippen LogP contribution in [0, 0.1) is 12.7 Å². The van der Waals surface area contributed by atoms with E-state index >= 15 is 0 Å². The van der Waals surface area contributed by atoms with Crippen LogP contribution in [0.2, 0.25) is 0 Å². The highest BCUT2D eigenvalue weighted by Gasteiger charge is 2.23. The summed E-state index contributed by atoms with van der Waals surface area (Å²) in [6.45, 7) is 4.81. The van der Waals surface area contributed by atoms with E-state index in [1.54, 1.807) is 30.0 Å². The van der Waals surface area contributed by atoms with E-state index < -0.39 is 11.9 Å². The molecule has 27 heavy (non-hydrogen) atoms. The number of halogens is 1. The van der Waals surface area contributed by atoms with E-state index in [2.05, 4.69) is 10.6 Å². The third kappa shape index (κ3) is 3.86. The summed E-state index contributed by atoms with van der Waals surface area (Å²) in [4.78, 5) is 26.2. The van der Waals surface area contributed by atoms with Crippen LogP contribution < -0.4 is 20.3 Å². The number of methoxy groups -OCH3 is 1. The second kappa shape index (κ2) is 7.65. The standard InChI is InChI=1S/C20H22FN3O3/c1-12-4-5-15(11-17(12)24-9-8-22-20(24)26)19(25)23-13(2)14-6-7-18(27-3)16(21)10-14/h4-7,10-11,13H,8-9H2,1-3H3,(H,22,26)(H,23,25)/t13-/m1/s1. The van der Waals surface area contributed by atoms with Gasteiger partial charge in [-0.2, -0.15) is 0 Å². The van der Waals surface area contributed by atoms with E-state index in [1.165, 1.54) is 19.2 Å². The summed E-state index contributed by atoms with van der Waals surface area (Å²) < 4.78 is 18.8. The van der Waals surface area contributed by atoms with E-state index in [9.17, 15) is 14.0 Å². The van der Waals surface area contributed by atoms with Crippen LogP contribution in [-0.4, -0.2) is 32.1 Å². The van der Waals surface area contributed by atoms with Crippen LogP contribution >= 0.6 is 0 Å². The Balaban J connectivity index is 1.78. The van der Waals surface area contributed by atoms with Gasteiger partial charge in [-0.1, -0.05) is 12.1 Å². The summed E-state index contributed by atoms with van der Waals surface area (Å²) in [6, 6.07) is 9.26. The Kier molecular flexibility index (Phi) is 5.30. The molecule has 3 amide bonds. The number of ether oxygens (including phenoxy) is 1. The van der Waals surface area contributed by atoms with Gasteiger partial charge in [-0.05, 0) is 49.2 Å². The number of rotatable bonds is 5. The topological polar surface area (TPSA) is 70.7 Å². The molecule has 142 valence electrons. The van der Waals surface area contributed by atoms with Gasteiger partial charge < -0.3 is 15.4 Å². The average molecular weight is 371 g/mol. The number of anilines is 1. The number of benzene rings is 2. The van der Waals surface area contributed by atoms with Crippen LogP contribution in [-0.2, 0) is 0 Å². The molecule has 1 heterocycles. The van der Waals surface area contributed by atoms with Gasteiger partial charge in [-0.3, -0.25) is 9.69 Å². The van der Waals surface area contributed by atoms with Crippen LogP contribution in [0.4, 0.5) is 14.9 Å². The summed E-state index contributed by atoms with van der Waals surface area (Å²) in [5.74, 6) is -0.613. The van der Waals surface area contributed by atoms with Crippen molar-refractivity contribution < 1.29 is 18.7 Å². The highest BCUT2D eigenvalue weighted by atomic mass is 19.1. The smallest absolute Gasteiger partial charge is 0.322 e. The highest BCUT2D eigenvalue weighted by molar-refractivity contribution is 5.99. The molecule has 0 bridgehead atoms. The molecule has 0 aromatic heterocycles. The largest absolute Gasteiger partial charge is 0.494 e. The number of aryl methyl sites for hydroxylation is 1. The molecule has 1 atom stereocenters. The van der Waals surface area contributed by atoms with E-state index in [1.807, 2.05) is 13.0 Å². The number of nitrogens with one attached hydrogen (secondary N) is 2. The SMILES string of the molecule is COc1ccc([C@@H](C)NC(=O)c2ccc(C)c(N3CCNC3=O)c2)cc1F. The monoisotopic (exact) mass is 371 g/mol. The minimum absolute atomic E-state index is 0.157. The predicted octanol–water partition coefficient (Wildman–Crippen LogP) is 3.16. The minimum atomic E-state index is -0.478. The van der Waals surface area contributed by atoms with Crippen LogP contribution in [0.15, 0.2) is 36.4 Å². The molecule has 7 heteroatoms. The summed E-state index contributed by atoms with van der Waals surface area (Å²) >= 11 is 0. The lowest BCUT2D eigenvalue weighted by molar-refractivity contribution is 0.0939. The van der Waals surface area contributed by atoms with Gasteiger partial charge in [0, 0.05) is 24.3 Å².